The zero-order chi connectivity index (χ0) is 2.00. The summed E-state index contributed by atoms with van der Waals surface area (Å²) in [6.45, 7) is 0. The molecule has 0 saturated heterocycles. The second-order valence-electron chi connectivity index (χ2n) is 0. The molecule has 0 aliphatic rings. The summed E-state index contributed by atoms with van der Waals surface area (Å²) in [5.74, 6) is 0. The van der Waals surface area contributed by atoms with Gasteiger partial charge in [-0.3, -0.25) is 0 Å². The van der Waals surface area contributed by atoms with E-state index in [1.165, 1.54) is 0 Å². The van der Waals surface area contributed by atoms with Gasteiger partial charge in [-0.25, -0.2) is 0 Å². The van der Waals surface area contributed by atoms with Crippen molar-refractivity contribution in [1.82, 2.24) is 0 Å². The molecule has 3 heteroatoms. The molecule has 0 heterocycles. The Kier molecular flexibility index (Phi) is 84.7. The van der Waals surface area contributed by atoms with Gasteiger partial charge in [-0.05, 0) is 0 Å². The monoisotopic (exact) mass is 77.0 g/mol. The Labute approximate surface area is 70.4 Å². The standard InChI is InChI=1S/CH3O.2Na/c1-2;;/h1H3;;/q-1;;+1. The smallest absolute Gasteiger partial charge is 0.857 e. The molecule has 0 unspecified atom stereocenters. The molecule has 0 atom stereocenters. The molecule has 1 radical (unpaired) electrons. The minimum Gasteiger partial charge on any atom is -0.857 e. The van der Waals surface area contributed by atoms with Crippen LogP contribution in [0.1, 0.15) is 0 Å². The number of hydrogen-bond acceptors (Lipinski definition) is 1. The van der Waals surface area contributed by atoms with Gasteiger partial charge in [-0.1, -0.05) is 0 Å². The van der Waals surface area contributed by atoms with Crippen LogP contribution >= 0.6 is 0 Å². The molecule has 0 fully saturated rings. The SMILES string of the molecule is C[O-].[Na+].[Na]. The van der Waals surface area contributed by atoms with E-state index < -0.39 is 0 Å². The first-order valence-corrected chi connectivity index (χ1v) is 0.408. The maximum atomic E-state index is 8.25. The summed E-state index contributed by atoms with van der Waals surface area (Å²) < 4.78 is 0. The third-order valence-corrected chi connectivity index (χ3v) is 0. The fraction of sp³-hybridized carbons (Fsp3) is 1.00. The number of hydrogen-bond donors (Lipinski definition) is 0. The zero-order valence-electron chi connectivity index (χ0n) is 3.41. The van der Waals surface area contributed by atoms with E-state index in [2.05, 4.69) is 0 Å². The molecule has 4 heavy (non-hydrogen) atoms. The molecule has 0 aliphatic heterocycles. The normalized spacial score (nSPS) is 1.50. The van der Waals surface area contributed by atoms with E-state index in [1.54, 1.807) is 0 Å². The molecule has 0 N–H and O–H groups in total. The van der Waals surface area contributed by atoms with E-state index in [9.17, 15) is 0 Å². The topological polar surface area (TPSA) is 23.1 Å². The van der Waals surface area contributed by atoms with Gasteiger partial charge in [0.05, 0.1) is 0 Å². The molecule has 0 aliphatic carbocycles. The molecule has 0 rings (SSSR count). The summed E-state index contributed by atoms with van der Waals surface area (Å²) in [6.07, 6.45) is 0. The van der Waals surface area contributed by atoms with Gasteiger partial charge in [0.15, 0.2) is 0 Å². The predicted molar refractivity (Wildman–Crippen MR) is 11.7 cm³/mol. The van der Waals surface area contributed by atoms with Crippen molar-refractivity contribution in [2.45, 2.75) is 0 Å². The van der Waals surface area contributed by atoms with E-state index >= 15 is 0 Å². The van der Waals surface area contributed by atoms with Crippen LogP contribution in [0.2, 0.25) is 0 Å². The second-order valence-corrected chi connectivity index (χ2v) is 0. The van der Waals surface area contributed by atoms with Crippen molar-refractivity contribution in [2.24, 2.45) is 0 Å². The third kappa shape index (κ3) is 9.03. The molecular weight excluding hydrogens is 74.0 g/mol. The average molecular weight is 77.0 g/mol. The zero-order valence-corrected chi connectivity index (χ0v) is 7.41. The van der Waals surface area contributed by atoms with Gasteiger partial charge < -0.3 is 5.11 Å². The molecule has 0 spiro atoms. The van der Waals surface area contributed by atoms with Crippen LogP contribution in [0, 0.1) is 0 Å². The quantitative estimate of drug-likeness (QED) is 0.268. The van der Waals surface area contributed by atoms with Crippen LogP contribution in [0.4, 0.5) is 0 Å². The van der Waals surface area contributed by atoms with Crippen LogP contribution in [-0.4, -0.2) is 36.7 Å². The Morgan fingerprint density at radius 1 is 1.25 bits per heavy atom. The maximum absolute atomic E-state index is 8.25. The maximum Gasteiger partial charge on any atom is 1.00 e. The van der Waals surface area contributed by atoms with E-state index in [-0.39, 0.29) is 59.1 Å². The van der Waals surface area contributed by atoms with Crippen molar-refractivity contribution in [1.29, 1.82) is 0 Å². The molecule has 0 aromatic carbocycles. The van der Waals surface area contributed by atoms with Gasteiger partial charge in [-0.2, -0.15) is 7.11 Å². The van der Waals surface area contributed by atoms with E-state index in [0.29, 0.717) is 0 Å². The molecule has 0 saturated carbocycles. The van der Waals surface area contributed by atoms with Crippen molar-refractivity contribution in [3.63, 3.8) is 0 Å². The summed E-state index contributed by atoms with van der Waals surface area (Å²) in [7, 11) is 0.750. The summed E-state index contributed by atoms with van der Waals surface area (Å²) in [4.78, 5) is 0. The van der Waals surface area contributed by atoms with Crippen LogP contribution in [0.25, 0.3) is 0 Å². The van der Waals surface area contributed by atoms with Gasteiger partial charge in [0.1, 0.15) is 0 Å². The van der Waals surface area contributed by atoms with E-state index in [1.807, 2.05) is 0 Å². The Morgan fingerprint density at radius 3 is 1.25 bits per heavy atom. The van der Waals surface area contributed by atoms with Gasteiger partial charge in [-0.15, -0.1) is 0 Å². The van der Waals surface area contributed by atoms with Gasteiger partial charge >= 0.3 is 29.6 Å². The largest absolute Gasteiger partial charge is 1.00 e. The number of rotatable bonds is 0. The average Bonchev–Trinajstić information content (AvgIpc) is 1.00. The second kappa shape index (κ2) is 20.2. The van der Waals surface area contributed by atoms with Gasteiger partial charge in [0, 0.05) is 29.6 Å². The Morgan fingerprint density at radius 2 is 1.25 bits per heavy atom. The summed E-state index contributed by atoms with van der Waals surface area (Å²) in [5, 5.41) is 8.25. The minimum absolute atomic E-state index is 0. The van der Waals surface area contributed by atoms with Crippen LogP contribution in [0.15, 0.2) is 0 Å². The van der Waals surface area contributed by atoms with E-state index in [0.717, 1.165) is 7.11 Å². The molecule has 0 aromatic heterocycles. The van der Waals surface area contributed by atoms with Crippen molar-refractivity contribution < 1.29 is 34.7 Å². The van der Waals surface area contributed by atoms with Crippen LogP contribution in [-0.2, 0) is 0 Å². The third-order valence-electron chi connectivity index (χ3n) is 0. The molecule has 0 amide bonds. The molecule has 0 aromatic rings. The summed E-state index contributed by atoms with van der Waals surface area (Å²) in [6, 6.07) is 0. The van der Waals surface area contributed by atoms with Gasteiger partial charge in [0.25, 0.3) is 0 Å². The first-order chi connectivity index (χ1) is 1.00. The van der Waals surface area contributed by atoms with Crippen LogP contribution in [0.5, 0.6) is 0 Å². The summed E-state index contributed by atoms with van der Waals surface area (Å²) in [5.41, 5.74) is 0. The Bertz CT molecular complexity index is 6.00. The summed E-state index contributed by atoms with van der Waals surface area (Å²) >= 11 is 0. The first kappa shape index (κ1) is 16.7. The molecule has 0 bridgehead atoms. The first-order valence-electron chi connectivity index (χ1n) is 0.408. The Balaban J connectivity index is -0.00000000500. The predicted octanol–water partition coefficient (Wildman–Crippen LogP) is -4.40. The van der Waals surface area contributed by atoms with Crippen molar-refractivity contribution in [2.75, 3.05) is 7.11 Å². The molecule has 1 nitrogen and oxygen atoms in total. The van der Waals surface area contributed by atoms with Crippen molar-refractivity contribution in [3.05, 3.63) is 0 Å². The van der Waals surface area contributed by atoms with E-state index in [4.69, 9.17) is 5.11 Å². The minimum atomic E-state index is 0. The Hall–Kier alpha value is 1.96. The van der Waals surface area contributed by atoms with Gasteiger partial charge in [0.2, 0.25) is 0 Å². The van der Waals surface area contributed by atoms with Crippen molar-refractivity contribution >= 4 is 29.6 Å². The fourth-order valence-corrected chi connectivity index (χ4v) is 0. The molecule has 15 valence electrons. The van der Waals surface area contributed by atoms with Crippen LogP contribution in [0.3, 0.4) is 0 Å². The van der Waals surface area contributed by atoms with Crippen LogP contribution < -0.4 is 34.7 Å². The van der Waals surface area contributed by atoms with Crippen molar-refractivity contribution in [3.8, 4) is 0 Å². The molecular formula is CH3Na2O. The fourth-order valence-electron chi connectivity index (χ4n) is 0.